The Morgan fingerprint density at radius 1 is 1.11 bits per heavy atom. The van der Waals surface area contributed by atoms with Crippen LogP contribution in [-0.2, 0) is 16.0 Å². The van der Waals surface area contributed by atoms with Gasteiger partial charge in [0.2, 0.25) is 0 Å². The third-order valence-corrected chi connectivity index (χ3v) is 6.85. The van der Waals surface area contributed by atoms with Gasteiger partial charge in [-0.15, -0.1) is 10.2 Å². The number of benzene rings is 1. The molecule has 36 heavy (non-hydrogen) atoms. The van der Waals surface area contributed by atoms with Gasteiger partial charge < -0.3 is 10.1 Å². The maximum absolute atomic E-state index is 13.6. The average Bonchev–Trinajstić information content (AvgIpc) is 3.60. The van der Waals surface area contributed by atoms with Crippen LogP contribution in [0.5, 0.6) is 11.6 Å². The van der Waals surface area contributed by atoms with Crippen molar-refractivity contribution in [1.29, 1.82) is 0 Å². The summed E-state index contributed by atoms with van der Waals surface area (Å²) in [5.41, 5.74) is -0.119. The summed E-state index contributed by atoms with van der Waals surface area (Å²) in [6.07, 6.45) is -1.78. The van der Waals surface area contributed by atoms with Gasteiger partial charge in [0, 0.05) is 23.6 Å². The first-order chi connectivity index (χ1) is 16.8. The number of ether oxygens (including phenoxy) is 1. The molecule has 4 rings (SSSR count). The second kappa shape index (κ2) is 9.16. The maximum atomic E-state index is 13.6. The Hall–Kier alpha value is -3.54. The minimum absolute atomic E-state index is 0.0644. The first kappa shape index (κ1) is 25.5. The molecule has 1 aliphatic rings. The van der Waals surface area contributed by atoms with Crippen LogP contribution in [0.3, 0.4) is 0 Å². The molecule has 0 atom stereocenters. The Balaban J connectivity index is 1.76. The van der Waals surface area contributed by atoms with E-state index in [9.17, 15) is 26.4 Å². The molecule has 12 heteroatoms. The molecule has 1 saturated carbocycles. The van der Waals surface area contributed by atoms with Gasteiger partial charge >= 0.3 is 6.18 Å². The number of aromatic nitrogens is 3. The Morgan fingerprint density at radius 3 is 2.39 bits per heavy atom. The fourth-order valence-corrected chi connectivity index (χ4v) is 4.46. The van der Waals surface area contributed by atoms with Gasteiger partial charge in [0.05, 0.1) is 10.6 Å². The van der Waals surface area contributed by atoms with E-state index in [-0.39, 0.29) is 16.3 Å². The van der Waals surface area contributed by atoms with Gasteiger partial charge in [-0.3, -0.25) is 9.78 Å². The lowest BCUT2D eigenvalue weighted by Gasteiger charge is -2.18. The highest BCUT2D eigenvalue weighted by Crippen LogP contribution is 2.41. The summed E-state index contributed by atoms with van der Waals surface area (Å²) < 4.78 is 70.3. The Labute approximate surface area is 205 Å². The van der Waals surface area contributed by atoms with Gasteiger partial charge in [-0.25, -0.2) is 8.42 Å². The summed E-state index contributed by atoms with van der Waals surface area (Å²) >= 11 is 0. The number of anilines is 1. The first-order valence-electron chi connectivity index (χ1n) is 11.0. The van der Waals surface area contributed by atoms with Gasteiger partial charge in [0.15, 0.2) is 21.3 Å². The molecule has 0 unspecified atom stereocenters. The van der Waals surface area contributed by atoms with Gasteiger partial charge in [0.1, 0.15) is 5.56 Å². The molecule has 1 N–H and O–H groups in total. The van der Waals surface area contributed by atoms with E-state index in [1.807, 2.05) is 6.07 Å². The fraction of sp³-hybridized carbons (Fsp3) is 0.333. The molecule has 0 saturated heterocycles. The van der Waals surface area contributed by atoms with Crippen LogP contribution in [0.25, 0.3) is 0 Å². The summed E-state index contributed by atoms with van der Waals surface area (Å²) in [5.74, 6) is -0.745. The molecule has 1 fully saturated rings. The number of carbonyl (C=O) groups excluding carboxylic acids is 1. The summed E-state index contributed by atoms with van der Waals surface area (Å²) in [6.45, 7) is 4.58. The quantitative estimate of drug-likeness (QED) is 0.479. The third-order valence-electron chi connectivity index (χ3n) is 5.74. The van der Waals surface area contributed by atoms with E-state index >= 15 is 0 Å². The molecule has 2 aromatic heterocycles. The fourth-order valence-electron chi connectivity index (χ4n) is 3.79. The van der Waals surface area contributed by atoms with Crippen molar-refractivity contribution in [3.05, 3.63) is 64.1 Å². The van der Waals surface area contributed by atoms with Crippen molar-refractivity contribution in [3.63, 3.8) is 0 Å². The number of carbonyl (C=O) groups is 1. The largest absolute Gasteiger partial charge is 0.435 e. The summed E-state index contributed by atoms with van der Waals surface area (Å²) in [5, 5.41) is 9.32. The van der Waals surface area contributed by atoms with E-state index in [4.69, 9.17) is 4.74 Å². The minimum Gasteiger partial charge on any atom is -0.435 e. The van der Waals surface area contributed by atoms with Crippen molar-refractivity contribution < 1.29 is 31.1 Å². The average molecular weight is 521 g/mol. The lowest BCUT2D eigenvalue weighted by atomic mass is 10.1. The molecular formula is C24H23F3N4O4S. The second-order valence-corrected chi connectivity index (χ2v) is 10.8. The zero-order chi connectivity index (χ0) is 26.4. The molecule has 1 amide bonds. The molecule has 2 heterocycles. The number of pyridine rings is 1. The lowest BCUT2D eigenvalue weighted by Crippen LogP contribution is -2.21. The zero-order valence-corrected chi connectivity index (χ0v) is 20.7. The second-order valence-electron chi connectivity index (χ2n) is 8.76. The monoisotopic (exact) mass is 520 g/mol. The SMILES string of the molecule is Cc1cc(C2CC2)nc(C)c1Oc1nnc(C(F)(F)F)c(C)c1C(=O)Nc1cccc(S(C)(=O)=O)c1. The van der Waals surface area contributed by atoms with E-state index in [2.05, 4.69) is 20.5 Å². The lowest BCUT2D eigenvalue weighted by molar-refractivity contribution is -0.142. The Kier molecular flexibility index (Phi) is 6.50. The van der Waals surface area contributed by atoms with Crippen molar-refractivity contribution >= 4 is 21.4 Å². The molecule has 0 aliphatic heterocycles. The normalized spacial score (nSPS) is 14.0. The van der Waals surface area contributed by atoms with Crippen molar-refractivity contribution in [3.8, 4) is 11.6 Å². The van der Waals surface area contributed by atoms with E-state index in [1.165, 1.54) is 24.3 Å². The summed E-state index contributed by atoms with van der Waals surface area (Å²) in [7, 11) is -3.58. The number of aryl methyl sites for hydroxylation is 2. The number of halogens is 3. The Bertz CT molecular complexity index is 1450. The maximum Gasteiger partial charge on any atom is 0.435 e. The molecule has 8 nitrogen and oxygen atoms in total. The van der Waals surface area contributed by atoms with E-state index in [0.29, 0.717) is 17.2 Å². The van der Waals surface area contributed by atoms with Crippen LogP contribution >= 0.6 is 0 Å². The Morgan fingerprint density at radius 2 is 1.81 bits per heavy atom. The number of hydrogen-bond acceptors (Lipinski definition) is 7. The van der Waals surface area contributed by atoms with Crippen LogP contribution in [0.4, 0.5) is 18.9 Å². The number of sulfone groups is 1. The first-order valence-corrected chi connectivity index (χ1v) is 12.9. The standard InChI is InChI=1S/C24H23F3N4O4S/c1-12-10-18(15-8-9-15)28-14(3)20(12)35-23-19(13(2)21(30-31-23)24(25,26)27)22(32)29-16-6-5-7-17(11-16)36(4,33)34/h5-7,10-11,15H,8-9H2,1-4H3,(H,29,32). The van der Waals surface area contributed by atoms with Crippen LogP contribution in [0.1, 0.15) is 57.3 Å². The highest BCUT2D eigenvalue weighted by molar-refractivity contribution is 7.90. The van der Waals surface area contributed by atoms with Gasteiger partial charge in [0.25, 0.3) is 11.8 Å². The van der Waals surface area contributed by atoms with Crippen LogP contribution in [0.2, 0.25) is 0 Å². The van der Waals surface area contributed by atoms with E-state index in [1.54, 1.807) is 13.8 Å². The number of rotatable bonds is 6. The van der Waals surface area contributed by atoms with Crippen molar-refractivity contribution in [2.75, 3.05) is 11.6 Å². The highest BCUT2D eigenvalue weighted by Gasteiger charge is 2.38. The molecule has 1 aromatic carbocycles. The van der Waals surface area contributed by atoms with Gasteiger partial charge in [-0.1, -0.05) is 6.07 Å². The van der Waals surface area contributed by atoms with Crippen LogP contribution in [-0.4, -0.2) is 35.8 Å². The molecule has 1 aliphatic carbocycles. The van der Waals surface area contributed by atoms with E-state index < -0.39 is 44.6 Å². The van der Waals surface area contributed by atoms with Crippen molar-refractivity contribution in [2.24, 2.45) is 0 Å². The van der Waals surface area contributed by atoms with Crippen LogP contribution < -0.4 is 10.1 Å². The molecule has 0 bridgehead atoms. The molecular weight excluding hydrogens is 497 g/mol. The molecule has 0 spiro atoms. The number of hydrogen-bond donors (Lipinski definition) is 1. The summed E-state index contributed by atoms with van der Waals surface area (Å²) in [6, 6.07) is 7.21. The smallest absolute Gasteiger partial charge is 0.435 e. The van der Waals surface area contributed by atoms with Crippen LogP contribution in [0.15, 0.2) is 35.2 Å². The molecule has 3 aromatic rings. The molecule has 190 valence electrons. The highest BCUT2D eigenvalue weighted by atomic mass is 32.2. The van der Waals surface area contributed by atoms with Crippen LogP contribution in [0, 0.1) is 20.8 Å². The number of nitrogens with one attached hydrogen (secondary N) is 1. The number of alkyl halides is 3. The number of amides is 1. The van der Waals surface area contributed by atoms with Gasteiger partial charge in [-0.2, -0.15) is 13.2 Å². The predicted molar refractivity (Wildman–Crippen MR) is 125 cm³/mol. The van der Waals surface area contributed by atoms with Crippen molar-refractivity contribution in [2.45, 2.75) is 50.6 Å². The van der Waals surface area contributed by atoms with Gasteiger partial charge in [-0.05, 0) is 69.0 Å². The summed E-state index contributed by atoms with van der Waals surface area (Å²) in [4.78, 5) is 17.7. The minimum atomic E-state index is -4.86. The number of nitrogens with zero attached hydrogens (tertiary/aromatic N) is 3. The topological polar surface area (TPSA) is 111 Å². The predicted octanol–water partition coefficient (Wildman–Crippen LogP) is 5.14. The van der Waals surface area contributed by atoms with E-state index in [0.717, 1.165) is 31.7 Å². The third kappa shape index (κ3) is 5.32. The van der Waals surface area contributed by atoms with Crippen molar-refractivity contribution in [1.82, 2.24) is 15.2 Å². The molecule has 0 radical (unpaired) electrons. The zero-order valence-electron chi connectivity index (χ0n) is 19.9.